The normalized spacial score (nSPS) is 12.9. The van der Waals surface area contributed by atoms with Gasteiger partial charge >= 0.3 is 0 Å². The summed E-state index contributed by atoms with van der Waals surface area (Å²) in [6, 6.07) is 6.89. The molecule has 0 aliphatic rings. The zero-order chi connectivity index (χ0) is 13.0. The second kappa shape index (κ2) is 6.27. The van der Waals surface area contributed by atoms with Crippen molar-refractivity contribution >= 4 is 17.3 Å². The Morgan fingerprint density at radius 3 is 2.35 bits per heavy atom. The van der Waals surface area contributed by atoms with Gasteiger partial charge in [0.2, 0.25) is 0 Å². The number of hydrogen-bond donors (Lipinski definition) is 1. The van der Waals surface area contributed by atoms with Crippen LogP contribution < -0.4 is 10.6 Å². The summed E-state index contributed by atoms with van der Waals surface area (Å²) in [5, 5.41) is 0.818. The summed E-state index contributed by atoms with van der Waals surface area (Å²) in [4.78, 5) is 2.32. The van der Waals surface area contributed by atoms with Gasteiger partial charge in [0.1, 0.15) is 0 Å². The lowest BCUT2D eigenvalue weighted by Gasteiger charge is -2.28. The molecule has 0 radical (unpaired) electrons. The molecule has 0 aliphatic carbocycles. The third kappa shape index (κ3) is 3.90. The van der Waals surface area contributed by atoms with E-state index in [4.69, 9.17) is 17.3 Å². The van der Waals surface area contributed by atoms with Gasteiger partial charge in [0, 0.05) is 29.3 Å². The highest BCUT2D eigenvalue weighted by molar-refractivity contribution is 6.31. The maximum atomic E-state index is 6.30. The molecule has 3 heteroatoms. The molecule has 17 heavy (non-hydrogen) atoms. The molecule has 1 aromatic carbocycles. The van der Waals surface area contributed by atoms with Crippen LogP contribution in [0.5, 0.6) is 0 Å². The van der Waals surface area contributed by atoms with Crippen LogP contribution in [0.2, 0.25) is 5.02 Å². The highest BCUT2D eigenvalue weighted by Crippen LogP contribution is 2.25. The van der Waals surface area contributed by atoms with Gasteiger partial charge in [-0.15, -0.1) is 0 Å². The Bertz CT molecular complexity index is 361. The molecule has 0 spiro atoms. The quantitative estimate of drug-likeness (QED) is 0.872. The molecule has 1 rings (SSSR count). The molecule has 0 bridgehead atoms. The van der Waals surface area contributed by atoms with Crippen LogP contribution in [-0.4, -0.2) is 18.6 Å². The Hall–Kier alpha value is -0.730. The molecule has 0 saturated carbocycles. The largest absolute Gasteiger partial charge is 0.369 e. The van der Waals surface area contributed by atoms with E-state index in [2.05, 4.69) is 37.8 Å². The second-order valence-corrected chi connectivity index (χ2v) is 5.24. The van der Waals surface area contributed by atoms with Crippen LogP contribution in [0.3, 0.4) is 0 Å². The van der Waals surface area contributed by atoms with Crippen molar-refractivity contribution in [2.45, 2.75) is 46.2 Å². The predicted molar refractivity (Wildman–Crippen MR) is 77.0 cm³/mol. The van der Waals surface area contributed by atoms with Crippen LogP contribution in [-0.2, 0) is 6.42 Å². The van der Waals surface area contributed by atoms with Gasteiger partial charge < -0.3 is 10.6 Å². The minimum atomic E-state index is 0.144. The van der Waals surface area contributed by atoms with Crippen LogP contribution in [0.25, 0.3) is 0 Å². The Balaban J connectivity index is 2.95. The number of halogens is 1. The molecule has 2 nitrogen and oxygen atoms in total. The molecular weight excluding hydrogens is 232 g/mol. The van der Waals surface area contributed by atoms with E-state index in [-0.39, 0.29) is 6.04 Å². The van der Waals surface area contributed by atoms with Crippen molar-refractivity contribution in [3.63, 3.8) is 0 Å². The third-order valence-corrected chi connectivity index (χ3v) is 3.23. The first kappa shape index (κ1) is 14.3. The van der Waals surface area contributed by atoms with E-state index in [9.17, 15) is 0 Å². The SMILES string of the molecule is CCN(c1ccc(CC(C)N)c(Cl)c1)C(C)C. The summed E-state index contributed by atoms with van der Waals surface area (Å²) in [6.45, 7) is 9.52. The molecule has 2 N–H and O–H groups in total. The lowest BCUT2D eigenvalue weighted by molar-refractivity contribution is 0.702. The Kier molecular flexibility index (Phi) is 5.29. The Labute approximate surface area is 110 Å². The number of nitrogens with zero attached hydrogens (tertiary/aromatic N) is 1. The van der Waals surface area contributed by atoms with Crippen molar-refractivity contribution in [2.24, 2.45) is 5.73 Å². The van der Waals surface area contributed by atoms with Crippen LogP contribution in [0.1, 0.15) is 33.3 Å². The first-order valence-corrected chi connectivity index (χ1v) is 6.64. The summed E-state index contributed by atoms with van der Waals surface area (Å²) in [5.41, 5.74) is 8.11. The molecule has 0 saturated heterocycles. The second-order valence-electron chi connectivity index (χ2n) is 4.84. The molecule has 0 aliphatic heterocycles. The van der Waals surface area contributed by atoms with E-state index >= 15 is 0 Å². The summed E-state index contributed by atoms with van der Waals surface area (Å²) in [5.74, 6) is 0. The number of nitrogens with two attached hydrogens (primary N) is 1. The van der Waals surface area contributed by atoms with Gasteiger partial charge in [0.15, 0.2) is 0 Å². The monoisotopic (exact) mass is 254 g/mol. The molecule has 1 atom stereocenters. The first-order chi connectivity index (χ1) is 7.95. The predicted octanol–water partition coefficient (Wildman–Crippen LogP) is 3.46. The molecule has 0 fully saturated rings. The van der Waals surface area contributed by atoms with Gasteiger partial charge in [0.25, 0.3) is 0 Å². The first-order valence-electron chi connectivity index (χ1n) is 6.26. The van der Waals surface area contributed by atoms with Crippen LogP contribution in [0, 0.1) is 0 Å². The molecule has 96 valence electrons. The number of anilines is 1. The van der Waals surface area contributed by atoms with Crippen molar-refractivity contribution < 1.29 is 0 Å². The Morgan fingerprint density at radius 1 is 1.29 bits per heavy atom. The maximum absolute atomic E-state index is 6.30. The van der Waals surface area contributed by atoms with Gasteiger partial charge in [-0.25, -0.2) is 0 Å². The van der Waals surface area contributed by atoms with Crippen LogP contribution in [0.4, 0.5) is 5.69 Å². The number of rotatable bonds is 5. The molecule has 0 amide bonds. The van der Waals surface area contributed by atoms with E-state index in [1.165, 1.54) is 5.69 Å². The minimum absolute atomic E-state index is 0.144. The van der Waals surface area contributed by atoms with Gasteiger partial charge in [-0.2, -0.15) is 0 Å². The van der Waals surface area contributed by atoms with Gasteiger partial charge in [-0.3, -0.25) is 0 Å². The van der Waals surface area contributed by atoms with E-state index in [0.717, 1.165) is 23.6 Å². The van der Waals surface area contributed by atoms with Crippen molar-refractivity contribution in [3.8, 4) is 0 Å². The maximum Gasteiger partial charge on any atom is 0.0459 e. The summed E-state index contributed by atoms with van der Waals surface area (Å²) >= 11 is 6.30. The fourth-order valence-electron chi connectivity index (χ4n) is 2.07. The standard InChI is InChI=1S/C14H23ClN2/c1-5-17(10(2)3)13-7-6-12(8-11(4)16)14(15)9-13/h6-7,9-11H,5,8,16H2,1-4H3. The summed E-state index contributed by atoms with van der Waals surface area (Å²) in [7, 11) is 0. The highest BCUT2D eigenvalue weighted by Gasteiger charge is 2.11. The average Bonchev–Trinajstić information content (AvgIpc) is 2.22. The average molecular weight is 255 g/mol. The van der Waals surface area contributed by atoms with Crippen LogP contribution >= 0.6 is 11.6 Å². The minimum Gasteiger partial charge on any atom is -0.369 e. The third-order valence-electron chi connectivity index (χ3n) is 2.87. The smallest absolute Gasteiger partial charge is 0.0459 e. The van der Waals surface area contributed by atoms with E-state index in [1.54, 1.807) is 0 Å². The molecule has 0 aromatic heterocycles. The Morgan fingerprint density at radius 2 is 1.94 bits per heavy atom. The molecule has 1 unspecified atom stereocenters. The number of benzene rings is 1. The zero-order valence-corrected chi connectivity index (χ0v) is 12.0. The molecule has 1 aromatic rings. The lowest BCUT2D eigenvalue weighted by Crippen LogP contribution is -2.30. The fraction of sp³-hybridized carbons (Fsp3) is 0.571. The number of hydrogen-bond acceptors (Lipinski definition) is 2. The van der Waals surface area contributed by atoms with E-state index in [1.807, 2.05) is 13.0 Å². The van der Waals surface area contributed by atoms with Crippen LogP contribution in [0.15, 0.2) is 18.2 Å². The van der Waals surface area contributed by atoms with Gasteiger partial charge in [0.05, 0.1) is 0 Å². The van der Waals surface area contributed by atoms with Crippen molar-refractivity contribution in [3.05, 3.63) is 28.8 Å². The summed E-state index contributed by atoms with van der Waals surface area (Å²) in [6.07, 6.45) is 0.826. The molecule has 0 heterocycles. The van der Waals surface area contributed by atoms with Gasteiger partial charge in [-0.05, 0) is 51.8 Å². The lowest BCUT2D eigenvalue weighted by atomic mass is 10.1. The van der Waals surface area contributed by atoms with Crippen molar-refractivity contribution in [1.29, 1.82) is 0 Å². The summed E-state index contributed by atoms with van der Waals surface area (Å²) < 4.78 is 0. The topological polar surface area (TPSA) is 29.3 Å². The van der Waals surface area contributed by atoms with Crippen molar-refractivity contribution in [1.82, 2.24) is 0 Å². The van der Waals surface area contributed by atoms with Gasteiger partial charge in [-0.1, -0.05) is 17.7 Å². The zero-order valence-electron chi connectivity index (χ0n) is 11.2. The fourth-order valence-corrected chi connectivity index (χ4v) is 2.33. The van der Waals surface area contributed by atoms with E-state index in [0.29, 0.717) is 6.04 Å². The highest BCUT2D eigenvalue weighted by atomic mass is 35.5. The van der Waals surface area contributed by atoms with Crippen molar-refractivity contribution in [2.75, 3.05) is 11.4 Å². The van der Waals surface area contributed by atoms with E-state index < -0.39 is 0 Å². The molecular formula is C14H23ClN2.